The highest BCUT2D eigenvalue weighted by atomic mass is 35.5. The van der Waals surface area contributed by atoms with Gasteiger partial charge in [0.2, 0.25) is 0 Å². The van der Waals surface area contributed by atoms with Crippen LogP contribution in [-0.4, -0.2) is 9.91 Å². The first kappa shape index (κ1) is 15.3. The molecule has 1 aromatic carbocycles. The molecule has 0 spiro atoms. The fourth-order valence-electron chi connectivity index (χ4n) is 2.18. The number of aromatic nitrogens is 1. The molecule has 1 aromatic heterocycles. The summed E-state index contributed by atoms with van der Waals surface area (Å²) in [5.74, 6) is 0. The fraction of sp³-hybridized carbons (Fsp3) is 0.267. The SMILES string of the molecule is CCC(Nc1cc(C)c([N+](=O)[O-])cc1Cl)c1ccncc1. The van der Waals surface area contributed by atoms with E-state index in [1.165, 1.54) is 6.07 Å². The quantitative estimate of drug-likeness (QED) is 0.651. The molecular weight excluding hydrogens is 290 g/mol. The monoisotopic (exact) mass is 305 g/mol. The highest BCUT2D eigenvalue weighted by Crippen LogP contribution is 2.33. The van der Waals surface area contributed by atoms with E-state index >= 15 is 0 Å². The van der Waals surface area contributed by atoms with Gasteiger partial charge in [-0.15, -0.1) is 0 Å². The predicted molar refractivity (Wildman–Crippen MR) is 83.7 cm³/mol. The zero-order chi connectivity index (χ0) is 15.4. The number of nitrogens with zero attached hydrogens (tertiary/aromatic N) is 2. The summed E-state index contributed by atoms with van der Waals surface area (Å²) in [6.45, 7) is 3.76. The summed E-state index contributed by atoms with van der Waals surface area (Å²) in [5.41, 5.74) is 2.40. The number of nitro groups is 1. The number of nitrogens with one attached hydrogen (secondary N) is 1. The number of anilines is 1. The lowest BCUT2D eigenvalue weighted by molar-refractivity contribution is -0.385. The van der Waals surface area contributed by atoms with Gasteiger partial charge in [-0.05, 0) is 37.1 Å². The fourth-order valence-corrected chi connectivity index (χ4v) is 2.40. The average Bonchev–Trinajstić information content (AvgIpc) is 2.48. The molecule has 1 N–H and O–H groups in total. The van der Waals surface area contributed by atoms with Gasteiger partial charge in [0, 0.05) is 24.0 Å². The zero-order valence-corrected chi connectivity index (χ0v) is 12.6. The van der Waals surface area contributed by atoms with E-state index in [0.717, 1.165) is 12.0 Å². The van der Waals surface area contributed by atoms with Gasteiger partial charge in [-0.3, -0.25) is 15.1 Å². The van der Waals surface area contributed by atoms with Gasteiger partial charge in [0.15, 0.2) is 0 Å². The van der Waals surface area contributed by atoms with Gasteiger partial charge in [-0.1, -0.05) is 18.5 Å². The lowest BCUT2D eigenvalue weighted by atomic mass is 10.1. The normalized spacial score (nSPS) is 12.0. The molecule has 0 saturated heterocycles. The molecule has 1 unspecified atom stereocenters. The first-order valence-electron chi connectivity index (χ1n) is 6.64. The van der Waals surface area contributed by atoms with E-state index in [0.29, 0.717) is 16.3 Å². The van der Waals surface area contributed by atoms with E-state index in [9.17, 15) is 10.1 Å². The van der Waals surface area contributed by atoms with Crippen molar-refractivity contribution in [2.75, 3.05) is 5.32 Å². The third-order valence-corrected chi connectivity index (χ3v) is 3.64. The molecule has 0 radical (unpaired) electrons. The van der Waals surface area contributed by atoms with E-state index in [-0.39, 0.29) is 11.7 Å². The van der Waals surface area contributed by atoms with Crippen molar-refractivity contribution in [2.24, 2.45) is 0 Å². The first-order valence-corrected chi connectivity index (χ1v) is 7.01. The van der Waals surface area contributed by atoms with Crippen molar-refractivity contribution in [3.8, 4) is 0 Å². The number of pyridine rings is 1. The second-order valence-electron chi connectivity index (χ2n) is 4.76. The van der Waals surface area contributed by atoms with Gasteiger partial charge in [0.1, 0.15) is 0 Å². The van der Waals surface area contributed by atoms with Crippen LogP contribution in [0.25, 0.3) is 0 Å². The van der Waals surface area contributed by atoms with Gasteiger partial charge < -0.3 is 5.32 Å². The molecule has 5 nitrogen and oxygen atoms in total. The standard InChI is InChI=1S/C15H16ClN3O2/c1-3-13(11-4-6-17-7-5-11)18-14-8-10(2)15(19(20)21)9-12(14)16/h4-9,13,18H,3H2,1-2H3. The molecule has 1 heterocycles. The maximum absolute atomic E-state index is 10.9. The minimum atomic E-state index is -0.425. The highest BCUT2D eigenvalue weighted by molar-refractivity contribution is 6.33. The second kappa shape index (κ2) is 6.54. The topological polar surface area (TPSA) is 68.1 Å². The molecule has 21 heavy (non-hydrogen) atoms. The Morgan fingerprint density at radius 2 is 2.05 bits per heavy atom. The van der Waals surface area contributed by atoms with Crippen molar-refractivity contribution in [3.63, 3.8) is 0 Å². The maximum Gasteiger partial charge on any atom is 0.273 e. The number of rotatable bonds is 5. The Hall–Kier alpha value is -2.14. The Labute approximate surface area is 128 Å². The molecule has 2 rings (SSSR count). The van der Waals surface area contributed by atoms with Gasteiger partial charge in [0.25, 0.3) is 5.69 Å². The molecule has 110 valence electrons. The lowest BCUT2D eigenvalue weighted by Gasteiger charge is -2.19. The van der Waals surface area contributed by atoms with Crippen molar-refractivity contribution in [1.29, 1.82) is 0 Å². The Morgan fingerprint density at radius 3 is 2.62 bits per heavy atom. The number of hydrogen-bond donors (Lipinski definition) is 1. The van der Waals surface area contributed by atoms with Crippen molar-refractivity contribution in [2.45, 2.75) is 26.3 Å². The lowest BCUT2D eigenvalue weighted by Crippen LogP contribution is -2.10. The van der Waals surface area contributed by atoms with Crippen LogP contribution in [0.15, 0.2) is 36.7 Å². The van der Waals surface area contributed by atoms with Crippen LogP contribution in [-0.2, 0) is 0 Å². The van der Waals surface area contributed by atoms with Crippen LogP contribution in [0.4, 0.5) is 11.4 Å². The van der Waals surface area contributed by atoms with Gasteiger partial charge >= 0.3 is 0 Å². The van der Waals surface area contributed by atoms with Gasteiger partial charge in [0.05, 0.1) is 21.7 Å². The molecule has 0 aliphatic heterocycles. The summed E-state index contributed by atoms with van der Waals surface area (Å²) in [6, 6.07) is 7.05. The van der Waals surface area contributed by atoms with Gasteiger partial charge in [-0.2, -0.15) is 0 Å². The summed E-state index contributed by atoms with van der Waals surface area (Å²) >= 11 is 6.15. The predicted octanol–water partition coefficient (Wildman–Crippen LogP) is 4.51. The number of nitro benzene ring substituents is 1. The molecule has 6 heteroatoms. The Morgan fingerprint density at radius 1 is 1.38 bits per heavy atom. The first-order chi connectivity index (χ1) is 10.0. The number of halogens is 1. The van der Waals surface area contributed by atoms with Crippen molar-refractivity contribution < 1.29 is 4.92 Å². The zero-order valence-electron chi connectivity index (χ0n) is 11.8. The molecule has 0 amide bonds. The molecule has 0 aliphatic carbocycles. The van der Waals surface area contributed by atoms with Crippen LogP contribution in [0.5, 0.6) is 0 Å². The molecule has 0 saturated carbocycles. The maximum atomic E-state index is 10.9. The molecule has 0 aliphatic rings. The number of benzene rings is 1. The third kappa shape index (κ3) is 3.49. The van der Waals surface area contributed by atoms with Crippen molar-refractivity contribution in [3.05, 3.63) is 62.9 Å². The van der Waals surface area contributed by atoms with E-state index in [4.69, 9.17) is 11.6 Å². The van der Waals surface area contributed by atoms with Crippen molar-refractivity contribution in [1.82, 2.24) is 4.98 Å². The summed E-state index contributed by atoms with van der Waals surface area (Å²) < 4.78 is 0. The van der Waals surface area contributed by atoms with Crippen LogP contribution < -0.4 is 5.32 Å². The number of hydrogen-bond acceptors (Lipinski definition) is 4. The molecule has 0 bridgehead atoms. The van der Waals surface area contributed by atoms with Crippen LogP contribution in [0.3, 0.4) is 0 Å². The Kier molecular flexibility index (Phi) is 4.75. The van der Waals surface area contributed by atoms with E-state index < -0.39 is 4.92 Å². The summed E-state index contributed by atoms with van der Waals surface area (Å²) in [7, 11) is 0. The van der Waals surface area contributed by atoms with Crippen molar-refractivity contribution >= 4 is 23.0 Å². The molecule has 0 fully saturated rings. The highest BCUT2D eigenvalue weighted by Gasteiger charge is 2.16. The summed E-state index contributed by atoms with van der Waals surface area (Å²) in [5, 5.41) is 14.6. The van der Waals surface area contributed by atoms with Gasteiger partial charge in [-0.25, -0.2) is 0 Å². The average molecular weight is 306 g/mol. The van der Waals surface area contributed by atoms with Crippen LogP contribution in [0.1, 0.15) is 30.5 Å². The second-order valence-corrected chi connectivity index (χ2v) is 5.17. The van der Waals surface area contributed by atoms with E-state index in [1.54, 1.807) is 25.4 Å². The smallest absolute Gasteiger partial charge is 0.273 e. The number of aryl methyl sites for hydroxylation is 1. The molecular formula is C15H16ClN3O2. The minimum Gasteiger partial charge on any atom is -0.377 e. The largest absolute Gasteiger partial charge is 0.377 e. The summed E-state index contributed by atoms with van der Waals surface area (Å²) in [4.78, 5) is 14.5. The molecule has 1 atom stereocenters. The Balaban J connectivity index is 2.30. The minimum absolute atomic E-state index is 0.0301. The van der Waals surface area contributed by atoms with Crippen LogP contribution in [0, 0.1) is 17.0 Å². The van der Waals surface area contributed by atoms with Crippen LogP contribution in [0.2, 0.25) is 5.02 Å². The Bertz CT molecular complexity index is 647. The van der Waals surface area contributed by atoms with E-state index in [2.05, 4.69) is 17.2 Å². The van der Waals surface area contributed by atoms with E-state index in [1.807, 2.05) is 12.1 Å². The summed E-state index contributed by atoms with van der Waals surface area (Å²) in [6.07, 6.45) is 4.33. The van der Waals surface area contributed by atoms with Crippen LogP contribution >= 0.6 is 11.6 Å². The molecule has 2 aromatic rings. The third-order valence-electron chi connectivity index (χ3n) is 3.33.